The lowest BCUT2D eigenvalue weighted by Gasteiger charge is -2.31. The molecule has 2 aromatic heterocycles. The molecule has 1 unspecified atom stereocenters. The number of thiazole rings is 1. The summed E-state index contributed by atoms with van der Waals surface area (Å²) in [6.07, 6.45) is 5.71. The van der Waals surface area contributed by atoms with E-state index in [1.165, 1.54) is 11.3 Å². The highest BCUT2D eigenvalue weighted by Crippen LogP contribution is 2.30. The molecular weight excluding hydrogens is 464 g/mol. The van der Waals surface area contributed by atoms with Crippen LogP contribution in [0.25, 0.3) is 10.6 Å². The van der Waals surface area contributed by atoms with Crippen molar-refractivity contribution in [3.8, 4) is 22.1 Å². The van der Waals surface area contributed by atoms with Crippen LogP contribution in [0.4, 0.5) is 0 Å². The molecule has 0 spiro atoms. The number of aryl methyl sites for hydroxylation is 1. The molecule has 1 aliphatic rings. The van der Waals surface area contributed by atoms with Crippen molar-refractivity contribution in [3.63, 3.8) is 0 Å². The number of nitrogens with zero attached hydrogens (tertiary/aromatic N) is 3. The molecule has 9 heteroatoms. The fraction of sp³-hybridized carbons (Fsp3) is 0.385. The van der Waals surface area contributed by atoms with Gasteiger partial charge in [-0.05, 0) is 56.0 Å². The molecule has 0 radical (unpaired) electrons. The minimum absolute atomic E-state index is 0.0138. The molecule has 1 fully saturated rings. The number of carbonyl (C=O) groups excluding carboxylic acids is 2. The number of pyridine rings is 1. The molecule has 3 aromatic rings. The van der Waals surface area contributed by atoms with E-state index in [2.05, 4.69) is 15.3 Å². The van der Waals surface area contributed by atoms with E-state index in [-0.39, 0.29) is 17.7 Å². The molecule has 35 heavy (non-hydrogen) atoms. The summed E-state index contributed by atoms with van der Waals surface area (Å²) in [6, 6.07) is 9.53. The summed E-state index contributed by atoms with van der Waals surface area (Å²) >= 11 is 1.38. The Morgan fingerprint density at radius 1 is 1.20 bits per heavy atom. The van der Waals surface area contributed by atoms with Gasteiger partial charge in [-0.3, -0.25) is 14.6 Å². The molecule has 0 aliphatic carbocycles. The van der Waals surface area contributed by atoms with Crippen molar-refractivity contribution in [2.24, 2.45) is 5.92 Å². The van der Waals surface area contributed by atoms with Crippen LogP contribution >= 0.6 is 11.3 Å². The first-order valence-electron chi connectivity index (χ1n) is 11.7. The number of aromatic nitrogens is 2. The maximum absolute atomic E-state index is 13.3. The van der Waals surface area contributed by atoms with Gasteiger partial charge in [0, 0.05) is 37.6 Å². The number of likely N-dealkylation sites (tertiary alicyclic amines) is 1. The Morgan fingerprint density at radius 3 is 2.77 bits per heavy atom. The normalized spacial score (nSPS) is 15.5. The Balaban J connectivity index is 1.34. The second-order valence-corrected chi connectivity index (χ2v) is 9.50. The molecule has 1 aliphatic heterocycles. The Morgan fingerprint density at radius 2 is 2.03 bits per heavy atom. The first-order valence-corrected chi connectivity index (χ1v) is 12.5. The van der Waals surface area contributed by atoms with Crippen LogP contribution in [-0.2, 0) is 11.2 Å². The summed E-state index contributed by atoms with van der Waals surface area (Å²) < 4.78 is 10.6. The summed E-state index contributed by atoms with van der Waals surface area (Å²) in [5.41, 5.74) is 2.65. The van der Waals surface area contributed by atoms with Crippen molar-refractivity contribution in [1.82, 2.24) is 20.2 Å². The molecule has 8 nitrogen and oxygen atoms in total. The SMILES string of the molecule is COc1ccc(CCNC(=O)C2CCCN(C(=O)c3sc(-c4cccnc4)nc3C)C2)cc1OC. The van der Waals surface area contributed by atoms with Gasteiger partial charge in [0.05, 0.1) is 25.8 Å². The minimum atomic E-state index is -0.218. The molecule has 1 saturated heterocycles. The minimum Gasteiger partial charge on any atom is -0.493 e. The number of carbonyl (C=O) groups is 2. The summed E-state index contributed by atoms with van der Waals surface area (Å²) in [4.78, 5) is 37.3. The van der Waals surface area contributed by atoms with E-state index in [1.807, 2.05) is 37.3 Å². The Labute approximate surface area is 209 Å². The molecule has 0 saturated carbocycles. The average molecular weight is 495 g/mol. The summed E-state index contributed by atoms with van der Waals surface area (Å²) in [5.74, 6) is 1.06. The van der Waals surface area contributed by atoms with Gasteiger partial charge in [0.1, 0.15) is 9.88 Å². The predicted octanol–water partition coefficient (Wildman–Crippen LogP) is 3.74. The van der Waals surface area contributed by atoms with Gasteiger partial charge in [-0.15, -0.1) is 11.3 Å². The van der Waals surface area contributed by atoms with Gasteiger partial charge in [0.15, 0.2) is 11.5 Å². The number of ether oxygens (including phenoxy) is 2. The number of benzene rings is 1. The van der Waals surface area contributed by atoms with Gasteiger partial charge in [-0.25, -0.2) is 4.98 Å². The highest BCUT2D eigenvalue weighted by atomic mass is 32.1. The number of hydrogen-bond donors (Lipinski definition) is 1. The van der Waals surface area contributed by atoms with Crippen LogP contribution in [0, 0.1) is 12.8 Å². The van der Waals surface area contributed by atoms with Crippen molar-refractivity contribution in [2.45, 2.75) is 26.2 Å². The van der Waals surface area contributed by atoms with Crippen molar-refractivity contribution in [2.75, 3.05) is 33.9 Å². The monoisotopic (exact) mass is 494 g/mol. The van der Waals surface area contributed by atoms with E-state index >= 15 is 0 Å². The summed E-state index contributed by atoms with van der Waals surface area (Å²) in [5, 5.41) is 3.82. The zero-order valence-electron chi connectivity index (χ0n) is 20.2. The van der Waals surface area contributed by atoms with Crippen LogP contribution in [0.5, 0.6) is 11.5 Å². The van der Waals surface area contributed by atoms with Crippen molar-refractivity contribution < 1.29 is 19.1 Å². The van der Waals surface area contributed by atoms with Crippen LogP contribution < -0.4 is 14.8 Å². The van der Waals surface area contributed by atoms with E-state index < -0.39 is 0 Å². The van der Waals surface area contributed by atoms with Crippen molar-refractivity contribution >= 4 is 23.2 Å². The fourth-order valence-electron chi connectivity index (χ4n) is 4.24. The zero-order valence-corrected chi connectivity index (χ0v) is 21.1. The second-order valence-electron chi connectivity index (χ2n) is 8.50. The number of nitrogens with one attached hydrogen (secondary N) is 1. The third kappa shape index (κ3) is 5.79. The van der Waals surface area contributed by atoms with Crippen LogP contribution in [-0.4, -0.2) is 60.5 Å². The van der Waals surface area contributed by atoms with Crippen LogP contribution in [0.2, 0.25) is 0 Å². The second kappa shape index (κ2) is 11.3. The van der Waals surface area contributed by atoms with E-state index in [0.717, 1.165) is 29.0 Å². The number of hydrogen-bond acceptors (Lipinski definition) is 7. The van der Waals surface area contributed by atoms with Gasteiger partial charge in [-0.2, -0.15) is 0 Å². The lowest BCUT2D eigenvalue weighted by Crippen LogP contribution is -2.45. The summed E-state index contributed by atoms with van der Waals surface area (Å²) in [7, 11) is 3.21. The zero-order chi connectivity index (χ0) is 24.8. The standard InChI is InChI=1S/C26H30N4O4S/c1-17-23(35-25(29-17)19-6-4-11-27-15-19)26(32)30-13-5-7-20(16-30)24(31)28-12-10-18-8-9-21(33-2)22(14-18)34-3/h4,6,8-9,11,14-15,20H,5,7,10,12-13,16H2,1-3H3,(H,28,31). The van der Waals surface area contributed by atoms with Crippen molar-refractivity contribution in [1.29, 1.82) is 0 Å². The maximum atomic E-state index is 13.3. The van der Waals surface area contributed by atoms with Crippen molar-refractivity contribution in [3.05, 3.63) is 58.9 Å². The van der Waals surface area contributed by atoms with E-state index in [9.17, 15) is 9.59 Å². The molecule has 2 amide bonds. The number of piperidine rings is 1. The van der Waals surface area contributed by atoms with Crippen LogP contribution in [0.1, 0.15) is 33.8 Å². The largest absolute Gasteiger partial charge is 0.493 e. The molecule has 184 valence electrons. The van der Waals surface area contributed by atoms with E-state index in [4.69, 9.17) is 9.47 Å². The third-order valence-corrected chi connectivity index (χ3v) is 7.33. The Kier molecular flexibility index (Phi) is 7.97. The first kappa shape index (κ1) is 24.7. The lowest BCUT2D eigenvalue weighted by molar-refractivity contribution is -0.126. The van der Waals surface area contributed by atoms with E-state index in [1.54, 1.807) is 31.5 Å². The molecule has 1 atom stereocenters. The average Bonchev–Trinajstić information content (AvgIpc) is 3.30. The Bertz CT molecular complexity index is 1180. The highest BCUT2D eigenvalue weighted by Gasteiger charge is 2.30. The maximum Gasteiger partial charge on any atom is 0.265 e. The van der Waals surface area contributed by atoms with Gasteiger partial charge >= 0.3 is 0 Å². The van der Waals surface area contributed by atoms with Crippen LogP contribution in [0.15, 0.2) is 42.7 Å². The Hall–Kier alpha value is -3.46. The lowest BCUT2D eigenvalue weighted by atomic mass is 9.96. The fourth-order valence-corrected chi connectivity index (χ4v) is 5.26. The van der Waals surface area contributed by atoms with Crippen LogP contribution in [0.3, 0.4) is 0 Å². The number of rotatable bonds is 8. The van der Waals surface area contributed by atoms with Gasteiger partial charge in [0.25, 0.3) is 5.91 Å². The first-order chi connectivity index (χ1) is 17.0. The molecule has 0 bridgehead atoms. The molecule has 4 rings (SSSR count). The molecular formula is C26H30N4O4S. The molecule has 1 N–H and O–H groups in total. The molecule has 1 aromatic carbocycles. The number of amides is 2. The van der Waals surface area contributed by atoms with Gasteiger partial charge in [0.2, 0.25) is 5.91 Å². The quantitative estimate of drug-likeness (QED) is 0.513. The molecule has 3 heterocycles. The number of methoxy groups -OCH3 is 2. The smallest absolute Gasteiger partial charge is 0.265 e. The van der Waals surface area contributed by atoms with Gasteiger partial charge in [-0.1, -0.05) is 6.07 Å². The summed E-state index contributed by atoms with van der Waals surface area (Å²) in [6.45, 7) is 3.43. The van der Waals surface area contributed by atoms with E-state index in [0.29, 0.717) is 48.1 Å². The third-order valence-electron chi connectivity index (χ3n) is 6.14. The highest BCUT2D eigenvalue weighted by molar-refractivity contribution is 7.17. The van der Waals surface area contributed by atoms with Gasteiger partial charge < -0.3 is 19.7 Å². The predicted molar refractivity (Wildman–Crippen MR) is 135 cm³/mol. The topological polar surface area (TPSA) is 93.7 Å².